The van der Waals surface area contributed by atoms with Crippen LogP contribution in [0.25, 0.3) is 22.8 Å². The molecule has 1 saturated heterocycles. The Bertz CT molecular complexity index is 1220. The van der Waals surface area contributed by atoms with Gasteiger partial charge in [-0.25, -0.2) is 22.1 Å². The smallest absolute Gasteiger partial charge is 0.252 e. The second kappa shape index (κ2) is 9.22. The van der Waals surface area contributed by atoms with E-state index in [1.807, 2.05) is 0 Å². The molecule has 0 saturated carbocycles. The van der Waals surface area contributed by atoms with Crippen molar-refractivity contribution in [2.24, 2.45) is 5.92 Å². The average Bonchev–Trinajstić information content (AvgIpc) is 3.27. The highest BCUT2D eigenvalue weighted by Gasteiger charge is 2.25. The van der Waals surface area contributed by atoms with E-state index in [1.165, 1.54) is 22.8 Å². The van der Waals surface area contributed by atoms with E-state index in [0.717, 1.165) is 0 Å². The van der Waals surface area contributed by atoms with Crippen molar-refractivity contribution in [1.82, 2.24) is 14.6 Å². The van der Waals surface area contributed by atoms with Crippen molar-refractivity contribution < 1.29 is 22.0 Å². The van der Waals surface area contributed by atoms with Gasteiger partial charge in [0.25, 0.3) is 5.91 Å². The SMILES string of the molecule is CS(=O)(=O)N1CCC(CNC(=O)c2ccccc2-c2ncc(-c3ccccc3F)o2)CC1. The summed E-state index contributed by atoms with van der Waals surface area (Å²) in [6.45, 7) is 1.38. The van der Waals surface area contributed by atoms with Gasteiger partial charge in [-0.2, -0.15) is 0 Å². The lowest BCUT2D eigenvalue weighted by Crippen LogP contribution is -2.41. The molecule has 0 aliphatic carbocycles. The van der Waals surface area contributed by atoms with E-state index >= 15 is 0 Å². The Kier molecular flexibility index (Phi) is 6.38. The van der Waals surface area contributed by atoms with Crippen molar-refractivity contribution in [3.05, 3.63) is 66.1 Å². The van der Waals surface area contributed by atoms with E-state index in [1.54, 1.807) is 42.5 Å². The molecule has 0 bridgehead atoms. The molecule has 168 valence electrons. The van der Waals surface area contributed by atoms with E-state index in [-0.39, 0.29) is 23.5 Å². The lowest BCUT2D eigenvalue weighted by atomic mass is 9.98. The van der Waals surface area contributed by atoms with Gasteiger partial charge in [-0.1, -0.05) is 24.3 Å². The molecule has 2 heterocycles. The lowest BCUT2D eigenvalue weighted by Gasteiger charge is -2.30. The number of carbonyl (C=O) groups is 1. The van der Waals surface area contributed by atoms with Gasteiger partial charge < -0.3 is 9.73 Å². The van der Waals surface area contributed by atoms with Gasteiger partial charge in [-0.05, 0) is 43.0 Å². The predicted octanol–water partition coefficient (Wildman–Crippen LogP) is 3.55. The van der Waals surface area contributed by atoms with Crippen LogP contribution in [0.3, 0.4) is 0 Å². The summed E-state index contributed by atoms with van der Waals surface area (Å²) in [5.41, 5.74) is 1.22. The number of aromatic nitrogens is 1. The minimum absolute atomic E-state index is 0.207. The lowest BCUT2D eigenvalue weighted by molar-refractivity contribution is 0.0942. The van der Waals surface area contributed by atoms with Gasteiger partial charge in [0, 0.05) is 25.2 Å². The van der Waals surface area contributed by atoms with Crippen LogP contribution in [0, 0.1) is 11.7 Å². The van der Waals surface area contributed by atoms with E-state index in [2.05, 4.69) is 10.3 Å². The topological polar surface area (TPSA) is 92.5 Å². The number of piperidine rings is 1. The zero-order valence-corrected chi connectivity index (χ0v) is 18.4. The number of nitrogens with zero attached hydrogens (tertiary/aromatic N) is 2. The highest BCUT2D eigenvalue weighted by atomic mass is 32.2. The molecule has 1 aliphatic rings. The Balaban J connectivity index is 1.45. The summed E-state index contributed by atoms with van der Waals surface area (Å²) in [5.74, 6) is 0.0415. The Labute approximate surface area is 186 Å². The Morgan fingerprint density at radius 3 is 2.47 bits per heavy atom. The van der Waals surface area contributed by atoms with Crippen molar-refractivity contribution in [2.45, 2.75) is 12.8 Å². The molecule has 1 N–H and O–H groups in total. The summed E-state index contributed by atoms with van der Waals surface area (Å²) >= 11 is 0. The number of amides is 1. The van der Waals surface area contributed by atoms with E-state index in [4.69, 9.17) is 4.42 Å². The van der Waals surface area contributed by atoms with Gasteiger partial charge in [-0.3, -0.25) is 4.79 Å². The van der Waals surface area contributed by atoms with Crippen LogP contribution in [-0.2, 0) is 10.0 Å². The number of nitrogens with one attached hydrogen (secondary N) is 1. The van der Waals surface area contributed by atoms with Gasteiger partial charge in [-0.15, -0.1) is 0 Å². The third-order valence-electron chi connectivity index (χ3n) is 5.64. The van der Waals surface area contributed by atoms with Crippen molar-refractivity contribution in [3.63, 3.8) is 0 Å². The molecule has 0 radical (unpaired) electrons. The monoisotopic (exact) mass is 457 g/mol. The van der Waals surface area contributed by atoms with E-state index in [9.17, 15) is 17.6 Å². The predicted molar refractivity (Wildman–Crippen MR) is 119 cm³/mol. The Morgan fingerprint density at radius 2 is 1.78 bits per heavy atom. The summed E-state index contributed by atoms with van der Waals surface area (Å²) in [6.07, 6.45) is 4.05. The molecule has 1 aliphatic heterocycles. The molecule has 4 rings (SSSR count). The normalized spacial score (nSPS) is 15.6. The van der Waals surface area contributed by atoms with Crippen molar-refractivity contribution in [3.8, 4) is 22.8 Å². The minimum atomic E-state index is -3.18. The maximum atomic E-state index is 14.1. The van der Waals surface area contributed by atoms with Crippen molar-refractivity contribution >= 4 is 15.9 Å². The number of benzene rings is 2. The zero-order valence-electron chi connectivity index (χ0n) is 17.6. The summed E-state index contributed by atoms with van der Waals surface area (Å²) in [5, 5.41) is 2.94. The average molecular weight is 458 g/mol. The molecule has 32 heavy (non-hydrogen) atoms. The van der Waals surface area contributed by atoms with Crippen molar-refractivity contribution in [2.75, 3.05) is 25.9 Å². The fourth-order valence-corrected chi connectivity index (χ4v) is 4.70. The maximum Gasteiger partial charge on any atom is 0.252 e. The Morgan fingerprint density at radius 1 is 1.12 bits per heavy atom. The molecular weight excluding hydrogens is 433 g/mol. The number of oxazole rings is 1. The summed E-state index contributed by atoms with van der Waals surface area (Å²) in [6, 6.07) is 13.2. The standard InChI is InChI=1S/C23H24FN3O4S/c1-32(29,30)27-12-10-16(11-13-27)14-25-22(28)17-6-2-3-7-18(17)23-26-15-21(31-23)19-8-4-5-9-20(19)24/h2-9,15-16H,10-14H2,1H3,(H,25,28). The number of rotatable bonds is 6. The largest absolute Gasteiger partial charge is 0.436 e. The van der Waals surface area contributed by atoms with Crippen LogP contribution in [0.5, 0.6) is 0 Å². The number of hydrogen-bond acceptors (Lipinski definition) is 5. The molecule has 0 atom stereocenters. The van der Waals surface area contributed by atoms with Crippen LogP contribution < -0.4 is 5.32 Å². The molecule has 0 unspecified atom stereocenters. The second-order valence-electron chi connectivity index (χ2n) is 7.87. The van der Waals surface area contributed by atoms with Gasteiger partial charge in [0.1, 0.15) is 5.82 Å². The highest BCUT2D eigenvalue weighted by molar-refractivity contribution is 7.88. The van der Waals surface area contributed by atoms with Gasteiger partial charge in [0.2, 0.25) is 15.9 Å². The fourth-order valence-electron chi connectivity index (χ4n) is 3.83. The number of sulfonamides is 1. The number of carbonyl (C=O) groups excluding carboxylic acids is 1. The number of halogens is 1. The van der Waals surface area contributed by atoms with Crippen LogP contribution >= 0.6 is 0 Å². The summed E-state index contributed by atoms with van der Waals surface area (Å²) in [4.78, 5) is 17.1. The highest BCUT2D eigenvalue weighted by Crippen LogP contribution is 2.29. The fraction of sp³-hybridized carbons (Fsp3) is 0.304. The summed E-state index contributed by atoms with van der Waals surface area (Å²) in [7, 11) is -3.18. The third-order valence-corrected chi connectivity index (χ3v) is 6.94. The molecule has 9 heteroatoms. The molecule has 7 nitrogen and oxygen atoms in total. The maximum absolute atomic E-state index is 14.1. The van der Waals surface area contributed by atoms with Crippen LogP contribution in [0.1, 0.15) is 23.2 Å². The molecule has 0 spiro atoms. The molecule has 3 aromatic rings. The van der Waals surface area contributed by atoms with Gasteiger partial charge in [0.05, 0.1) is 23.6 Å². The van der Waals surface area contributed by atoms with Crippen molar-refractivity contribution in [1.29, 1.82) is 0 Å². The minimum Gasteiger partial charge on any atom is -0.436 e. The first-order valence-electron chi connectivity index (χ1n) is 10.4. The van der Waals surface area contributed by atoms with Gasteiger partial charge in [0.15, 0.2) is 5.76 Å². The number of hydrogen-bond donors (Lipinski definition) is 1. The molecule has 1 amide bonds. The first kappa shape index (κ1) is 22.2. The molecule has 1 aromatic heterocycles. The second-order valence-corrected chi connectivity index (χ2v) is 9.85. The van der Waals surface area contributed by atoms with Crippen LogP contribution in [0.15, 0.2) is 59.1 Å². The van der Waals surface area contributed by atoms with E-state index in [0.29, 0.717) is 49.2 Å². The molecule has 2 aromatic carbocycles. The van der Waals surface area contributed by atoms with Crippen LogP contribution in [0.2, 0.25) is 0 Å². The molecular formula is C23H24FN3O4S. The first-order chi connectivity index (χ1) is 15.3. The zero-order chi connectivity index (χ0) is 22.7. The summed E-state index contributed by atoms with van der Waals surface area (Å²) < 4.78 is 44.6. The molecule has 1 fully saturated rings. The third kappa shape index (κ3) is 4.89. The van der Waals surface area contributed by atoms with Crippen LogP contribution in [0.4, 0.5) is 4.39 Å². The Hall–Kier alpha value is -3.04. The van der Waals surface area contributed by atoms with Gasteiger partial charge >= 0.3 is 0 Å². The van der Waals surface area contributed by atoms with E-state index < -0.39 is 15.8 Å². The van der Waals surface area contributed by atoms with Crippen LogP contribution in [-0.4, -0.2) is 49.5 Å². The first-order valence-corrected chi connectivity index (χ1v) is 12.2. The quantitative estimate of drug-likeness (QED) is 0.611.